The highest BCUT2D eigenvalue weighted by Crippen LogP contribution is 2.28. The minimum absolute atomic E-state index is 0.212. The molecule has 1 aliphatic heterocycles. The van der Waals surface area contributed by atoms with Gasteiger partial charge in [-0.15, -0.1) is 0 Å². The third-order valence-electron chi connectivity index (χ3n) is 3.43. The number of hydrogen-bond donors (Lipinski definition) is 1. The van der Waals surface area contributed by atoms with E-state index in [0.29, 0.717) is 6.04 Å². The molecular weight excluding hydrogens is 216 g/mol. The SMILES string of the molecule is CC(O)c1cccnc1N(C)C1CCOC1C. The third-order valence-corrected chi connectivity index (χ3v) is 3.43. The number of rotatable bonds is 3. The topological polar surface area (TPSA) is 45.6 Å². The Morgan fingerprint density at radius 1 is 1.59 bits per heavy atom. The molecule has 94 valence electrons. The fraction of sp³-hybridized carbons (Fsp3) is 0.615. The Bertz CT molecular complexity index is 381. The minimum Gasteiger partial charge on any atom is -0.389 e. The summed E-state index contributed by atoms with van der Waals surface area (Å²) >= 11 is 0. The van der Waals surface area contributed by atoms with Gasteiger partial charge in [-0.3, -0.25) is 0 Å². The first kappa shape index (κ1) is 12.3. The summed E-state index contributed by atoms with van der Waals surface area (Å²) in [5, 5.41) is 9.76. The lowest BCUT2D eigenvalue weighted by atomic mass is 10.1. The number of nitrogens with zero attached hydrogens (tertiary/aromatic N) is 2. The first-order valence-corrected chi connectivity index (χ1v) is 6.08. The van der Waals surface area contributed by atoms with E-state index in [1.807, 2.05) is 19.2 Å². The standard InChI is InChI=1S/C13H20N2O2/c1-9(16)11-5-4-7-14-13(11)15(3)12-6-8-17-10(12)2/h4-5,7,9-10,12,16H,6,8H2,1-3H3. The molecule has 1 saturated heterocycles. The molecule has 1 fully saturated rings. The van der Waals surface area contributed by atoms with Crippen LogP contribution in [0.4, 0.5) is 5.82 Å². The van der Waals surface area contributed by atoms with Crippen molar-refractivity contribution in [3.8, 4) is 0 Å². The number of aromatic nitrogens is 1. The lowest BCUT2D eigenvalue weighted by Gasteiger charge is -2.29. The van der Waals surface area contributed by atoms with E-state index in [1.54, 1.807) is 13.1 Å². The number of aliphatic hydroxyl groups is 1. The van der Waals surface area contributed by atoms with E-state index in [9.17, 15) is 5.11 Å². The normalized spacial score (nSPS) is 25.9. The summed E-state index contributed by atoms with van der Waals surface area (Å²) in [7, 11) is 2.02. The highest BCUT2D eigenvalue weighted by molar-refractivity contribution is 5.48. The molecule has 3 atom stereocenters. The van der Waals surface area contributed by atoms with Crippen molar-refractivity contribution < 1.29 is 9.84 Å². The highest BCUT2D eigenvalue weighted by Gasteiger charge is 2.29. The maximum absolute atomic E-state index is 9.76. The zero-order valence-electron chi connectivity index (χ0n) is 10.6. The Hall–Kier alpha value is -1.13. The maximum Gasteiger partial charge on any atom is 0.134 e. The summed E-state index contributed by atoms with van der Waals surface area (Å²) in [4.78, 5) is 6.51. The van der Waals surface area contributed by atoms with Crippen LogP contribution in [0.3, 0.4) is 0 Å². The molecule has 2 rings (SSSR count). The van der Waals surface area contributed by atoms with Crippen molar-refractivity contribution in [2.24, 2.45) is 0 Å². The second-order valence-electron chi connectivity index (χ2n) is 4.64. The van der Waals surface area contributed by atoms with Crippen LogP contribution in [0, 0.1) is 0 Å². The molecule has 1 aromatic heterocycles. The van der Waals surface area contributed by atoms with Crippen molar-refractivity contribution in [1.29, 1.82) is 0 Å². The first-order valence-electron chi connectivity index (χ1n) is 6.08. The molecule has 0 amide bonds. The predicted octanol–water partition coefficient (Wildman–Crippen LogP) is 1.75. The quantitative estimate of drug-likeness (QED) is 0.868. The lowest BCUT2D eigenvalue weighted by molar-refractivity contribution is 0.118. The molecule has 1 N–H and O–H groups in total. The smallest absolute Gasteiger partial charge is 0.134 e. The Balaban J connectivity index is 2.27. The number of ether oxygens (including phenoxy) is 1. The second kappa shape index (κ2) is 5.02. The van der Waals surface area contributed by atoms with E-state index in [0.717, 1.165) is 24.4 Å². The van der Waals surface area contributed by atoms with Crippen molar-refractivity contribution in [2.75, 3.05) is 18.6 Å². The Morgan fingerprint density at radius 3 is 2.94 bits per heavy atom. The van der Waals surface area contributed by atoms with Crippen molar-refractivity contribution in [1.82, 2.24) is 4.98 Å². The van der Waals surface area contributed by atoms with Crippen LogP contribution in [0.15, 0.2) is 18.3 Å². The molecule has 1 aromatic rings. The van der Waals surface area contributed by atoms with Gasteiger partial charge in [0.05, 0.1) is 18.2 Å². The van der Waals surface area contributed by atoms with Gasteiger partial charge < -0.3 is 14.7 Å². The van der Waals surface area contributed by atoms with Gasteiger partial charge in [0, 0.05) is 25.4 Å². The van der Waals surface area contributed by atoms with Gasteiger partial charge in [0.25, 0.3) is 0 Å². The summed E-state index contributed by atoms with van der Waals surface area (Å²) in [5.74, 6) is 0.852. The zero-order chi connectivity index (χ0) is 12.4. The molecule has 2 heterocycles. The van der Waals surface area contributed by atoms with E-state index in [-0.39, 0.29) is 6.10 Å². The summed E-state index contributed by atoms with van der Waals surface area (Å²) < 4.78 is 5.58. The molecule has 4 heteroatoms. The number of likely N-dealkylation sites (N-methyl/N-ethyl adjacent to an activating group) is 1. The van der Waals surface area contributed by atoms with Gasteiger partial charge in [-0.2, -0.15) is 0 Å². The van der Waals surface area contributed by atoms with Crippen molar-refractivity contribution in [2.45, 2.75) is 38.5 Å². The Kier molecular flexibility index (Phi) is 3.64. The molecule has 0 spiro atoms. The van der Waals surface area contributed by atoms with E-state index >= 15 is 0 Å². The van der Waals surface area contributed by atoms with Crippen molar-refractivity contribution in [3.63, 3.8) is 0 Å². The number of anilines is 1. The van der Waals surface area contributed by atoms with Crippen LogP contribution < -0.4 is 4.90 Å². The second-order valence-corrected chi connectivity index (χ2v) is 4.64. The predicted molar refractivity (Wildman–Crippen MR) is 67.1 cm³/mol. The van der Waals surface area contributed by atoms with Gasteiger partial charge in [-0.1, -0.05) is 6.07 Å². The largest absolute Gasteiger partial charge is 0.389 e. The molecule has 0 saturated carbocycles. The van der Waals surface area contributed by atoms with Crippen LogP contribution in [-0.2, 0) is 4.74 Å². The summed E-state index contributed by atoms with van der Waals surface area (Å²) in [6, 6.07) is 4.11. The molecule has 0 aliphatic carbocycles. The molecule has 0 bridgehead atoms. The Morgan fingerprint density at radius 2 is 2.35 bits per heavy atom. The maximum atomic E-state index is 9.76. The fourth-order valence-corrected chi connectivity index (χ4v) is 2.42. The van der Waals surface area contributed by atoms with Crippen LogP contribution in [-0.4, -0.2) is 35.9 Å². The zero-order valence-corrected chi connectivity index (χ0v) is 10.6. The highest BCUT2D eigenvalue weighted by atomic mass is 16.5. The molecule has 0 radical (unpaired) electrons. The van der Waals surface area contributed by atoms with Crippen LogP contribution in [0.2, 0.25) is 0 Å². The van der Waals surface area contributed by atoms with E-state index < -0.39 is 6.10 Å². The lowest BCUT2D eigenvalue weighted by Crippen LogP contribution is -2.38. The van der Waals surface area contributed by atoms with E-state index in [1.165, 1.54) is 0 Å². The van der Waals surface area contributed by atoms with Gasteiger partial charge >= 0.3 is 0 Å². The van der Waals surface area contributed by atoms with Crippen LogP contribution in [0.1, 0.15) is 31.9 Å². The van der Waals surface area contributed by atoms with Gasteiger partial charge in [0.2, 0.25) is 0 Å². The van der Waals surface area contributed by atoms with E-state index in [4.69, 9.17) is 4.74 Å². The molecule has 4 nitrogen and oxygen atoms in total. The average Bonchev–Trinajstić information content (AvgIpc) is 2.74. The van der Waals surface area contributed by atoms with Crippen molar-refractivity contribution in [3.05, 3.63) is 23.9 Å². The monoisotopic (exact) mass is 236 g/mol. The summed E-state index contributed by atoms with van der Waals surface area (Å²) in [6.45, 7) is 4.65. The molecule has 3 unspecified atom stereocenters. The molecular formula is C13H20N2O2. The minimum atomic E-state index is -0.501. The Labute approximate surface area is 102 Å². The number of aliphatic hydroxyl groups excluding tert-OH is 1. The average molecular weight is 236 g/mol. The number of hydrogen-bond acceptors (Lipinski definition) is 4. The summed E-state index contributed by atoms with van der Waals surface area (Å²) in [6.07, 6.45) is 2.48. The third kappa shape index (κ3) is 2.42. The fourth-order valence-electron chi connectivity index (χ4n) is 2.42. The van der Waals surface area contributed by atoms with Crippen LogP contribution >= 0.6 is 0 Å². The summed E-state index contributed by atoms with van der Waals surface area (Å²) in [5.41, 5.74) is 0.870. The molecule has 0 aromatic carbocycles. The first-order chi connectivity index (χ1) is 8.11. The van der Waals surface area contributed by atoms with Crippen LogP contribution in [0.25, 0.3) is 0 Å². The van der Waals surface area contributed by atoms with Gasteiger partial charge in [-0.25, -0.2) is 4.98 Å². The molecule has 1 aliphatic rings. The van der Waals surface area contributed by atoms with Crippen molar-refractivity contribution >= 4 is 5.82 Å². The van der Waals surface area contributed by atoms with E-state index in [2.05, 4.69) is 16.8 Å². The van der Waals surface area contributed by atoms with Gasteiger partial charge in [0.15, 0.2) is 0 Å². The van der Waals surface area contributed by atoms with Crippen LogP contribution in [0.5, 0.6) is 0 Å². The van der Waals surface area contributed by atoms with Gasteiger partial charge in [-0.05, 0) is 26.3 Å². The van der Waals surface area contributed by atoms with Gasteiger partial charge in [0.1, 0.15) is 5.82 Å². The molecule has 17 heavy (non-hydrogen) atoms. The number of pyridine rings is 1.